The average Bonchev–Trinajstić information content (AvgIpc) is 2.91. The first-order valence-corrected chi connectivity index (χ1v) is 11.4. The zero-order valence-electron chi connectivity index (χ0n) is 11.2. The number of hydrogen-bond acceptors (Lipinski definition) is 2. The Morgan fingerprint density at radius 2 is 1.65 bits per heavy atom. The monoisotopic (exact) mass is 370 g/mol. The molecular weight excluding hydrogens is 355 g/mol. The first-order chi connectivity index (χ1) is 9.18. The van der Waals surface area contributed by atoms with E-state index < -0.39 is 11.4 Å². The van der Waals surface area contributed by atoms with E-state index in [9.17, 15) is 0 Å². The van der Waals surface area contributed by atoms with Gasteiger partial charge >= 0.3 is 41.5 Å². The molecule has 0 bridgehead atoms. The smallest absolute Gasteiger partial charge is 0.0921 e. The Morgan fingerprint density at radius 1 is 1.00 bits per heavy atom. The van der Waals surface area contributed by atoms with Crippen LogP contribution in [0.3, 0.4) is 0 Å². The number of fused-ring (bicyclic) bond motifs is 1. The fourth-order valence-electron chi connectivity index (χ4n) is 2.57. The van der Waals surface area contributed by atoms with Crippen molar-refractivity contribution in [3.8, 4) is 0 Å². The molecule has 6 heteroatoms. The Morgan fingerprint density at radius 3 is 2.30 bits per heavy atom. The SMILES string of the molecule is [CH3-].[Cl][Cr+]([Cl])[Cl].c1cnc2c(C3CCCC3)ccnc2c1. The maximum absolute atomic E-state index is 4.93. The fourth-order valence-corrected chi connectivity index (χ4v) is 2.57. The van der Waals surface area contributed by atoms with Gasteiger partial charge in [-0.15, -0.1) is 0 Å². The summed E-state index contributed by atoms with van der Waals surface area (Å²) in [6, 6.07) is 6.14. The molecule has 0 aliphatic heterocycles. The molecule has 0 radical (unpaired) electrons. The largest absolute Gasteiger partial charge is 0.255 e. The van der Waals surface area contributed by atoms with Crippen LogP contribution in [-0.2, 0) is 11.4 Å². The van der Waals surface area contributed by atoms with Gasteiger partial charge in [0.2, 0.25) is 0 Å². The summed E-state index contributed by atoms with van der Waals surface area (Å²) >= 11 is -1.62. The molecule has 1 aliphatic rings. The van der Waals surface area contributed by atoms with Crippen LogP contribution >= 0.6 is 30.1 Å². The molecule has 1 aliphatic carbocycles. The third-order valence-corrected chi connectivity index (χ3v) is 3.32. The third-order valence-electron chi connectivity index (χ3n) is 3.32. The molecule has 0 spiro atoms. The number of halogens is 3. The van der Waals surface area contributed by atoms with Crippen LogP contribution in [0.5, 0.6) is 0 Å². The van der Waals surface area contributed by atoms with E-state index in [4.69, 9.17) is 30.1 Å². The first kappa shape index (κ1) is 18.0. The van der Waals surface area contributed by atoms with E-state index in [-0.39, 0.29) is 7.43 Å². The van der Waals surface area contributed by atoms with Crippen LogP contribution in [0.15, 0.2) is 30.6 Å². The standard InChI is InChI=1S/C13H14N2.CH3.3ClH.Cr/c1-2-5-10(4-1)11-7-9-14-12-6-3-8-15-13(11)12;;;;;/h3,6-10H,1-2,4-5H2;1H3;3*1H;/q;-1;;;;+4/p-3. The summed E-state index contributed by atoms with van der Waals surface area (Å²) in [5.74, 6) is 0.713. The second-order valence-corrected chi connectivity index (χ2v) is 10.7. The summed E-state index contributed by atoms with van der Waals surface area (Å²) in [6.07, 6.45) is 9.13. The Balaban J connectivity index is 0.000000359. The second-order valence-electron chi connectivity index (χ2n) is 4.43. The van der Waals surface area contributed by atoms with Crippen LogP contribution in [0.1, 0.15) is 37.2 Å². The molecule has 0 aromatic carbocycles. The topological polar surface area (TPSA) is 25.8 Å². The molecule has 110 valence electrons. The van der Waals surface area contributed by atoms with Crippen molar-refractivity contribution in [2.24, 2.45) is 0 Å². The van der Waals surface area contributed by atoms with E-state index in [1.54, 1.807) is 0 Å². The van der Waals surface area contributed by atoms with Gasteiger partial charge in [0, 0.05) is 12.4 Å². The van der Waals surface area contributed by atoms with E-state index >= 15 is 0 Å². The predicted molar refractivity (Wildman–Crippen MR) is 84.7 cm³/mol. The van der Waals surface area contributed by atoms with Crippen molar-refractivity contribution in [2.75, 3.05) is 0 Å². The Labute approximate surface area is 137 Å². The van der Waals surface area contributed by atoms with Crippen molar-refractivity contribution in [3.63, 3.8) is 0 Å². The molecule has 2 heterocycles. The minimum atomic E-state index is -1.62. The molecule has 1 fully saturated rings. The van der Waals surface area contributed by atoms with Gasteiger partial charge in [0.25, 0.3) is 0 Å². The summed E-state index contributed by atoms with van der Waals surface area (Å²) in [5.41, 5.74) is 3.53. The maximum atomic E-state index is 4.93. The number of hydrogen-bond donors (Lipinski definition) is 0. The molecular formula is C14H17Cl3CrN2. The van der Waals surface area contributed by atoms with Crippen LogP contribution in [0.4, 0.5) is 0 Å². The quantitative estimate of drug-likeness (QED) is 0.592. The fraction of sp³-hybridized carbons (Fsp3) is 0.357. The molecule has 2 aromatic rings. The van der Waals surface area contributed by atoms with Gasteiger partial charge in [-0.2, -0.15) is 0 Å². The summed E-state index contributed by atoms with van der Waals surface area (Å²) < 4.78 is 0. The van der Waals surface area contributed by atoms with Crippen molar-refractivity contribution in [1.82, 2.24) is 9.97 Å². The van der Waals surface area contributed by atoms with Gasteiger partial charge in [-0.05, 0) is 42.5 Å². The van der Waals surface area contributed by atoms with Crippen molar-refractivity contribution in [1.29, 1.82) is 0 Å². The number of pyridine rings is 2. The summed E-state index contributed by atoms with van der Waals surface area (Å²) in [6.45, 7) is 0. The van der Waals surface area contributed by atoms with Crippen LogP contribution in [0.25, 0.3) is 11.0 Å². The van der Waals surface area contributed by atoms with E-state index in [0.29, 0.717) is 5.92 Å². The average molecular weight is 372 g/mol. The molecule has 2 nitrogen and oxygen atoms in total. The second kappa shape index (κ2) is 9.08. The van der Waals surface area contributed by atoms with Crippen molar-refractivity contribution in [2.45, 2.75) is 31.6 Å². The van der Waals surface area contributed by atoms with E-state index in [2.05, 4.69) is 16.0 Å². The van der Waals surface area contributed by atoms with Gasteiger partial charge in [0.05, 0.1) is 11.0 Å². The molecule has 0 atom stereocenters. The van der Waals surface area contributed by atoms with Gasteiger partial charge in [-0.3, -0.25) is 9.97 Å². The van der Waals surface area contributed by atoms with E-state index in [0.717, 1.165) is 11.0 Å². The summed E-state index contributed by atoms with van der Waals surface area (Å²) in [4.78, 5) is 8.81. The maximum Gasteiger partial charge on any atom is 0.0921 e. The Kier molecular flexibility index (Phi) is 8.17. The molecule has 0 unspecified atom stereocenters. The van der Waals surface area contributed by atoms with Crippen molar-refractivity contribution >= 4 is 41.2 Å². The molecule has 20 heavy (non-hydrogen) atoms. The van der Waals surface area contributed by atoms with Crippen LogP contribution in [-0.4, -0.2) is 9.97 Å². The molecule has 3 rings (SSSR count). The van der Waals surface area contributed by atoms with E-state index in [1.165, 1.54) is 31.2 Å². The predicted octanol–water partition coefficient (Wildman–Crippen LogP) is 5.80. The van der Waals surface area contributed by atoms with Gasteiger partial charge in [0.15, 0.2) is 0 Å². The van der Waals surface area contributed by atoms with Crippen molar-refractivity contribution in [3.05, 3.63) is 43.6 Å². The van der Waals surface area contributed by atoms with Gasteiger partial charge in [-0.1, -0.05) is 12.8 Å². The molecule has 1 saturated carbocycles. The zero-order chi connectivity index (χ0) is 13.7. The van der Waals surface area contributed by atoms with Crippen LogP contribution < -0.4 is 0 Å². The Hall–Kier alpha value is -0.0375. The Bertz CT molecular complexity index is 523. The van der Waals surface area contributed by atoms with Crippen LogP contribution in [0.2, 0.25) is 0 Å². The molecule has 0 saturated heterocycles. The summed E-state index contributed by atoms with van der Waals surface area (Å²) in [5, 5.41) is 0. The van der Waals surface area contributed by atoms with E-state index in [1.807, 2.05) is 24.5 Å². The van der Waals surface area contributed by atoms with Crippen molar-refractivity contribution < 1.29 is 11.4 Å². The molecule has 2 aromatic heterocycles. The number of nitrogens with zero attached hydrogens (tertiary/aromatic N) is 2. The zero-order valence-corrected chi connectivity index (χ0v) is 14.8. The molecule has 0 N–H and O–H groups in total. The van der Waals surface area contributed by atoms with Gasteiger partial charge in [-0.25, -0.2) is 0 Å². The third kappa shape index (κ3) is 5.06. The van der Waals surface area contributed by atoms with Gasteiger partial charge < -0.3 is 7.43 Å². The van der Waals surface area contributed by atoms with Gasteiger partial charge in [0.1, 0.15) is 0 Å². The molecule has 0 amide bonds. The summed E-state index contributed by atoms with van der Waals surface area (Å²) in [7, 11) is 14.8. The minimum Gasteiger partial charge on any atom is -0.255 e. The number of rotatable bonds is 1. The van der Waals surface area contributed by atoms with Crippen LogP contribution in [0, 0.1) is 7.43 Å². The first-order valence-electron chi connectivity index (χ1n) is 6.11. The minimum absolute atomic E-state index is 0. The number of aromatic nitrogens is 2. The normalized spacial score (nSPS) is 14.8.